The molecule has 0 spiro atoms. The fraction of sp³-hybridized carbons (Fsp3) is 0.174. The highest BCUT2D eigenvalue weighted by Crippen LogP contribution is 2.22. The molecule has 3 aromatic carbocycles. The Morgan fingerprint density at radius 3 is 1.70 bits per heavy atom. The summed E-state index contributed by atoms with van der Waals surface area (Å²) in [6.45, 7) is 0. The highest BCUT2D eigenvalue weighted by molar-refractivity contribution is 5.87. The number of phenols is 2. The van der Waals surface area contributed by atoms with Crippen LogP contribution < -0.4 is 0 Å². The molecule has 27 heavy (non-hydrogen) atoms. The molecule has 3 N–H and O–H groups in total. The molecule has 0 heterocycles. The van der Waals surface area contributed by atoms with Crippen LogP contribution in [0.2, 0.25) is 0 Å². The van der Waals surface area contributed by atoms with Gasteiger partial charge < -0.3 is 15.3 Å². The summed E-state index contributed by atoms with van der Waals surface area (Å²) in [4.78, 5) is 10.9. The van der Waals surface area contributed by atoms with Gasteiger partial charge in [-0.25, -0.2) is 4.79 Å². The van der Waals surface area contributed by atoms with Crippen LogP contribution >= 0.6 is 0 Å². The van der Waals surface area contributed by atoms with E-state index in [0.29, 0.717) is 5.56 Å². The normalized spacial score (nSPS) is 10.7. The summed E-state index contributed by atoms with van der Waals surface area (Å²) in [5.41, 5.74) is 4.75. The topological polar surface area (TPSA) is 77.8 Å². The average Bonchev–Trinajstić information content (AvgIpc) is 2.65. The molecule has 0 aliphatic heterocycles. The number of hydrogen-bond donors (Lipinski definition) is 3. The molecule has 0 unspecified atom stereocenters. The van der Waals surface area contributed by atoms with Gasteiger partial charge in [-0.05, 0) is 72.2 Å². The zero-order valence-corrected chi connectivity index (χ0v) is 14.9. The average molecular weight is 362 g/mol. The minimum atomic E-state index is -0.908. The van der Waals surface area contributed by atoms with E-state index in [1.807, 2.05) is 18.2 Å². The number of aryl methyl sites for hydroxylation is 4. The first kappa shape index (κ1) is 18.5. The second-order valence-electron chi connectivity index (χ2n) is 6.68. The SMILES string of the molecule is O=C(O)c1ccc(CCc2cccc(CCc3cc(O)cc(O)c3)c2)cc1. The minimum Gasteiger partial charge on any atom is -0.508 e. The molecule has 3 rings (SSSR count). The lowest BCUT2D eigenvalue weighted by Gasteiger charge is -2.07. The number of rotatable bonds is 7. The molecule has 0 aromatic heterocycles. The van der Waals surface area contributed by atoms with Crippen LogP contribution in [0, 0.1) is 0 Å². The van der Waals surface area contributed by atoms with Gasteiger partial charge >= 0.3 is 5.97 Å². The van der Waals surface area contributed by atoms with Gasteiger partial charge in [0.15, 0.2) is 0 Å². The second kappa shape index (κ2) is 8.41. The molecule has 0 fully saturated rings. The first-order chi connectivity index (χ1) is 13.0. The van der Waals surface area contributed by atoms with Gasteiger partial charge in [0.1, 0.15) is 11.5 Å². The summed E-state index contributed by atoms with van der Waals surface area (Å²) in [5, 5.41) is 28.1. The fourth-order valence-corrected chi connectivity index (χ4v) is 3.13. The van der Waals surface area contributed by atoms with Crippen molar-refractivity contribution >= 4 is 5.97 Å². The maximum atomic E-state index is 10.9. The Hall–Kier alpha value is -3.27. The number of phenolic OH excluding ortho intramolecular Hbond substituents is 2. The maximum Gasteiger partial charge on any atom is 0.335 e. The quantitative estimate of drug-likeness (QED) is 0.583. The van der Waals surface area contributed by atoms with E-state index in [2.05, 4.69) is 18.2 Å². The lowest BCUT2D eigenvalue weighted by molar-refractivity contribution is 0.0697. The van der Waals surface area contributed by atoms with E-state index in [-0.39, 0.29) is 11.5 Å². The smallest absolute Gasteiger partial charge is 0.335 e. The van der Waals surface area contributed by atoms with Gasteiger partial charge in [-0.2, -0.15) is 0 Å². The summed E-state index contributed by atoms with van der Waals surface area (Å²) in [7, 11) is 0. The van der Waals surface area contributed by atoms with E-state index < -0.39 is 5.97 Å². The Labute approximate surface area is 158 Å². The van der Waals surface area contributed by atoms with Crippen molar-refractivity contribution in [3.05, 3.63) is 94.5 Å². The molecule has 4 heteroatoms. The number of aromatic carboxylic acids is 1. The third-order valence-corrected chi connectivity index (χ3v) is 4.56. The van der Waals surface area contributed by atoms with Crippen LogP contribution in [0.25, 0.3) is 0 Å². The van der Waals surface area contributed by atoms with Gasteiger partial charge in [-0.3, -0.25) is 0 Å². The van der Waals surface area contributed by atoms with Gasteiger partial charge in [0, 0.05) is 6.07 Å². The summed E-state index contributed by atoms with van der Waals surface area (Å²) in [6, 6.07) is 20.1. The van der Waals surface area contributed by atoms with E-state index in [1.165, 1.54) is 17.2 Å². The minimum absolute atomic E-state index is 0.0765. The second-order valence-corrected chi connectivity index (χ2v) is 6.68. The predicted molar refractivity (Wildman–Crippen MR) is 104 cm³/mol. The number of carbonyl (C=O) groups is 1. The molecule has 0 radical (unpaired) electrons. The summed E-state index contributed by atoms with van der Waals surface area (Å²) in [6.07, 6.45) is 3.29. The molecular formula is C23H22O4. The van der Waals surface area contributed by atoms with E-state index in [4.69, 9.17) is 5.11 Å². The summed E-state index contributed by atoms with van der Waals surface area (Å²) >= 11 is 0. The van der Waals surface area contributed by atoms with Gasteiger partial charge in [0.25, 0.3) is 0 Å². The van der Waals surface area contributed by atoms with Crippen molar-refractivity contribution in [2.45, 2.75) is 25.7 Å². The highest BCUT2D eigenvalue weighted by Gasteiger charge is 2.04. The molecule has 0 bridgehead atoms. The zero-order valence-electron chi connectivity index (χ0n) is 14.9. The largest absolute Gasteiger partial charge is 0.508 e. The molecule has 3 aromatic rings. The van der Waals surface area contributed by atoms with Gasteiger partial charge in [0.2, 0.25) is 0 Å². The summed E-state index contributed by atoms with van der Waals surface area (Å²) < 4.78 is 0. The lowest BCUT2D eigenvalue weighted by Crippen LogP contribution is -1.98. The third-order valence-electron chi connectivity index (χ3n) is 4.56. The number of carboxylic acid groups (broad SMARTS) is 1. The van der Waals surface area contributed by atoms with Gasteiger partial charge in [0.05, 0.1) is 5.56 Å². The maximum absolute atomic E-state index is 10.9. The zero-order chi connectivity index (χ0) is 19.2. The highest BCUT2D eigenvalue weighted by atomic mass is 16.4. The van der Waals surface area contributed by atoms with Gasteiger partial charge in [-0.1, -0.05) is 36.4 Å². The van der Waals surface area contributed by atoms with Crippen LogP contribution in [0.15, 0.2) is 66.7 Å². The Morgan fingerprint density at radius 1 is 0.630 bits per heavy atom. The number of carboxylic acids is 1. The van der Waals surface area contributed by atoms with Crippen LogP contribution in [0.3, 0.4) is 0 Å². The summed E-state index contributed by atoms with van der Waals surface area (Å²) in [5.74, 6) is -0.755. The van der Waals surface area contributed by atoms with E-state index in [1.54, 1.807) is 24.3 Å². The standard InChI is InChI=1S/C23H22O4/c24-21-13-19(14-22(25)15-21)7-6-18-3-1-2-17(12-18)5-4-16-8-10-20(11-9-16)23(26)27/h1-3,8-15,24-25H,4-7H2,(H,26,27). The number of hydrogen-bond acceptors (Lipinski definition) is 3. The number of aromatic hydroxyl groups is 2. The monoisotopic (exact) mass is 362 g/mol. The van der Waals surface area contributed by atoms with Crippen LogP contribution in [0.4, 0.5) is 0 Å². The molecule has 0 aliphatic rings. The van der Waals surface area contributed by atoms with E-state index in [9.17, 15) is 15.0 Å². The van der Waals surface area contributed by atoms with Crippen molar-refractivity contribution in [1.29, 1.82) is 0 Å². The van der Waals surface area contributed by atoms with Crippen molar-refractivity contribution in [3.63, 3.8) is 0 Å². The van der Waals surface area contributed by atoms with Crippen molar-refractivity contribution in [3.8, 4) is 11.5 Å². The molecule has 0 aliphatic carbocycles. The Morgan fingerprint density at radius 2 is 1.15 bits per heavy atom. The Bertz CT molecular complexity index is 909. The van der Waals surface area contributed by atoms with Gasteiger partial charge in [-0.15, -0.1) is 0 Å². The van der Waals surface area contributed by atoms with Crippen molar-refractivity contribution in [2.75, 3.05) is 0 Å². The molecule has 4 nitrogen and oxygen atoms in total. The Balaban J connectivity index is 1.59. The van der Waals surface area contributed by atoms with Crippen LogP contribution in [0.1, 0.15) is 32.6 Å². The molecular weight excluding hydrogens is 340 g/mol. The Kier molecular flexibility index (Phi) is 5.77. The van der Waals surface area contributed by atoms with Crippen molar-refractivity contribution in [1.82, 2.24) is 0 Å². The fourth-order valence-electron chi connectivity index (χ4n) is 3.13. The van der Waals surface area contributed by atoms with E-state index in [0.717, 1.165) is 36.8 Å². The molecule has 0 saturated carbocycles. The lowest BCUT2D eigenvalue weighted by atomic mass is 9.99. The van der Waals surface area contributed by atoms with E-state index >= 15 is 0 Å². The van der Waals surface area contributed by atoms with Crippen molar-refractivity contribution in [2.24, 2.45) is 0 Å². The first-order valence-corrected chi connectivity index (χ1v) is 8.91. The first-order valence-electron chi connectivity index (χ1n) is 8.91. The van der Waals surface area contributed by atoms with Crippen LogP contribution in [0.5, 0.6) is 11.5 Å². The molecule has 0 atom stereocenters. The molecule has 0 amide bonds. The third kappa shape index (κ3) is 5.35. The predicted octanol–water partition coefficient (Wildman–Crippen LogP) is 4.37. The van der Waals surface area contributed by atoms with Crippen LogP contribution in [-0.2, 0) is 25.7 Å². The molecule has 0 saturated heterocycles. The van der Waals surface area contributed by atoms with Crippen LogP contribution in [-0.4, -0.2) is 21.3 Å². The number of benzene rings is 3. The van der Waals surface area contributed by atoms with Crippen molar-refractivity contribution < 1.29 is 20.1 Å². The molecule has 138 valence electrons.